The molecule has 1 fully saturated rings. The molecular weight excluding hydrogens is 327 g/mol. The average molecular weight is 339 g/mol. The molecular formula is C10H12BrFN2O5. The predicted octanol–water partition coefficient (Wildman–Crippen LogP) is -0.980. The zero-order chi connectivity index (χ0) is 14.2. The highest BCUT2D eigenvalue weighted by Gasteiger charge is 2.43. The molecule has 1 aliphatic heterocycles. The Kier molecular flexibility index (Phi) is 4.19. The number of nitrogens with one attached hydrogen (secondary N) is 1. The minimum atomic E-state index is -1.03. The van der Waals surface area contributed by atoms with Crippen molar-refractivity contribution < 1.29 is 19.3 Å². The molecule has 0 aromatic carbocycles. The summed E-state index contributed by atoms with van der Waals surface area (Å²) in [6.07, 6.45) is -1.78. The van der Waals surface area contributed by atoms with E-state index in [2.05, 4.69) is 15.9 Å². The highest BCUT2D eigenvalue weighted by atomic mass is 79.9. The Morgan fingerprint density at radius 2 is 2.21 bits per heavy atom. The molecule has 106 valence electrons. The fourth-order valence-corrected chi connectivity index (χ4v) is 2.61. The second-order valence-electron chi connectivity index (χ2n) is 4.14. The molecule has 0 bridgehead atoms. The van der Waals surface area contributed by atoms with Crippen LogP contribution in [0.1, 0.15) is 11.8 Å². The molecule has 0 radical (unpaired) electrons. The number of H-pyrrole nitrogens is 1. The van der Waals surface area contributed by atoms with Gasteiger partial charge < -0.3 is 14.9 Å². The zero-order valence-electron chi connectivity index (χ0n) is 9.62. The SMILES string of the molecule is O=c1[nH]c(=O)n([C@@H]2O[C@H](CO)[C@@H](O)[C@H]2Br)cc1CF. The van der Waals surface area contributed by atoms with Gasteiger partial charge in [0.15, 0.2) is 6.23 Å². The van der Waals surface area contributed by atoms with Crippen LogP contribution in [0.2, 0.25) is 0 Å². The summed E-state index contributed by atoms with van der Waals surface area (Å²) in [5.74, 6) is 0. The van der Waals surface area contributed by atoms with E-state index < -0.39 is 47.8 Å². The fourth-order valence-electron chi connectivity index (χ4n) is 1.89. The van der Waals surface area contributed by atoms with Crippen molar-refractivity contribution in [3.05, 3.63) is 32.6 Å². The van der Waals surface area contributed by atoms with Crippen molar-refractivity contribution in [1.29, 1.82) is 0 Å². The minimum Gasteiger partial charge on any atom is -0.394 e. The summed E-state index contributed by atoms with van der Waals surface area (Å²) < 4.78 is 18.9. The molecule has 1 aromatic rings. The third-order valence-corrected chi connectivity index (χ3v) is 3.93. The number of hydrogen-bond donors (Lipinski definition) is 3. The Labute approximate surface area is 114 Å². The molecule has 2 rings (SSSR count). The van der Waals surface area contributed by atoms with Crippen molar-refractivity contribution in [1.82, 2.24) is 9.55 Å². The van der Waals surface area contributed by atoms with E-state index in [0.29, 0.717) is 0 Å². The van der Waals surface area contributed by atoms with Gasteiger partial charge in [0.25, 0.3) is 5.56 Å². The third kappa shape index (κ3) is 2.50. The molecule has 0 amide bonds. The number of aromatic amines is 1. The zero-order valence-corrected chi connectivity index (χ0v) is 11.2. The molecule has 4 atom stereocenters. The van der Waals surface area contributed by atoms with Crippen LogP contribution >= 0.6 is 15.9 Å². The first-order valence-electron chi connectivity index (χ1n) is 5.48. The molecule has 0 saturated carbocycles. The van der Waals surface area contributed by atoms with E-state index in [1.165, 1.54) is 0 Å². The smallest absolute Gasteiger partial charge is 0.330 e. The van der Waals surface area contributed by atoms with Gasteiger partial charge in [-0.2, -0.15) is 0 Å². The number of aliphatic hydroxyl groups excluding tert-OH is 2. The molecule has 9 heteroatoms. The van der Waals surface area contributed by atoms with Crippen molar-refractivity contribution in [3.8, 4) is 0 Å². The van der Waals surface area contributed by atoms with Crippen LogP contribution in [0, 0.1) is 0 Å². The molecule has 0 aliphatic carbocycles. The number of nitrogens with zero attached hydrogens (tertiary/aromatic N) is 1. The van der Waals surface area contributed by atoms with Gasteiger partial charge in [0.2, 0.25) is 0 Å². The van der Waals surface area contributed by atoms with Crippen molar-refractivity contribution in [2.75, 3.05) is 6.61 Å². The molecule has 1 saturated heterocycles. The molecule has 0 unspecified atom stereocenters. The first kappa shape index (κ1) is 14.4. The largest absolute Gasteiger partial charge is 0.394 e. The second kappa shape index (κ2) is 5.53. The van der Waals surface area contributed by atoms with Gasteiger partial charge >= 0.3 is 5.69 Å². The Hall–Kier alpha value is -1.03. The standard InChI is InChI=1S/C10H12BrFN2O5/c11-6-7(16)5(3-15)19-9(6)14-2-4(1-12)8(17)13-10(14)18/h2,5-7,9,15-16H,1,3H2,(H,13,17,18)/t5-,6-,7-,9-/m1/s1. The Balaban J connectivity index is 2.43. The number of alkyl halides is 2. The normalized spacial score (nSPS) is 30.7. The maximum absolute atomic E-state index is 12.6. The van der Waals surface area contributed by atoms with E-state index in [1.807, 2.05) is 4.98 Å². The van der Waals surface area contributed by atoms with Gasteiger partial charge in [0.1, 0.15) is 12.8 Å². The number of ether oxygens (including phenoxy) is 1. The Morgan fingerprint density at radius 1 is 1.53 bits per heavy atom. The highest BCUT2D eigenvalue weighted by Crippen LogP contribution is 2.33. The van der Waals surface area contributed by atoms with E-state index in [9.17, 15) is 19.1 Å². The number of aliphatic hydroxyl groups is 2. The summed E-state index contributed by atoms with van der Waals surface area (Å²) in [4.78, 5) is 24.2. The molecule has 3 N–H and O–H groups in total. The van der Waals surface area contributed by atoms with Crippen LogP contribution in [-0.2, 0) is 11.4 Å². The fraction of sp³-hybridized carbons (Fsp3) is 0.600. The van der Waals surface area contributed by atoms with Gasteiger partial charge in [-0.3, -0.25) is 14.3 Å². The monoisotopic (exact) mass is 338 g/mol. The van der Waals surface area contributed by atoms with Crippen LogP contribution in [0.5, 0.6) is 0 Å². The lowest BCUT2D eigenvalue weighted by Crippen LogP contribution is -2.36. The third-order valence-electron chi connectivity index (χ3n) is 2.93. The quantitative estimate of drug-likeness (QED) is 0.614. The van der Waals surface area contributed by atoms with Gasteiger partial charge in [-0.1, -0.05) is 15.9 Å². The molecule has 1 aliphatic rings. The summed E-state index contributed by atoms with van der Waals surface area (Å²) in [6, 6.07) is 0. The van der Waals surface area contributed by atoms with E-state index in [1.54, 1.807) is 0 Å². The van der Waals surface area contributed by atoms with Crippen LogP contribution in [0.4, 0.5) is 4.39 Å². The van der Waals surface area contributed by atoms with Crippen LogP contribution in [0.15, 0.2) is 15.8 Å². The summed E-state index contributed by atoms with van der Waals surface area (Å²) >= 11 is 3.16. The van der Waals surface area contributed by atoms with E-state index >= 15 is 0 Å². The summed E-state index contributed by atoms with van der Waals surface area (Å²) in [5, 5.41) is 18.8. The lowest BCUT2D eigenvalue weighted by molar-refractivity contribution is -0.0457. The van der Waals surface area contributed by atoms with Gasteiger partial charge in [0, 0.05) is 6.20 Å². The van der Waals surface area contributed by atoms with Gasteiger partial charge in [0.05, 0.1) is 23.1 Å². The number of aromatic nitrogens is 2. The molecule has 1 aromatic heterocycles. The number of rotatable bonds is 3. The summed E-state index contributed by atoms with van der Waals surface area (Å²) in [5.41, 5.74) is -1.79. The number of halogens is 2. The van der Waals surface area contributed by atoms with E-state index in [4.69, 9.17) is 9.84 Å². The molecule has 2 heterocycles. The maximum Gasteiger partial charge on any atom is 0.330 e. The van der Waals surface area contributed by atoms with Crippen LogP contribution in [0.3, 0.4) is 0 Å². The van der Waals surface area contributed by atoms with E-state index in [-0.39, 0.29) is 5.56 Å². The summed E-state index contributed by atoms with van der Waals surface area (Å²) in [6.45, 7) is -1.45. The van der Waals surface area contributed by atoms with Gasteiger partial charge in [-0.25, -0.2) is 9.18 Å². The maximum atomic E-state index is 12.6. The molecule has 19 heavy (non-hydrogen) atoms. The van der Waals surface area contributed by atoms with E-state index in [0.717, 1.165) is 10.8 Å². The Bertz CT molecular complexity index is 574. The van der Waals surface area contributed by atoms with Crippen molar-refractivity contribution in [3.63, 3.8) is 0 Å². The van der Waals surface area contributed by atoms with Crippen molar-refractivity contribution in [2.24, 2.45) is 0 Å². The van der Waals surface area contributed by atoms with Crippen LogP contribution in [-0.4, -0.2) is 43.4 Å². The van der Waals surface area contributed by atoms with Gasteiger partial charge in [-0.15, -0.1) is 0 Å². The van der Waals surface area contributed by atoms with Gasteiger partial charge in [-0.05, 0) is 0 Å². The second-order valence-corrected chi connectivity index (χ2v) is 5.19. The first-order valence-corrected chi connectivity index (χ1v) is 6.40. The summed E-state index contributed by atoms with van der Waals surface area (Å²) in [7, 11) is 0. The lowest BCUT2D eigenvalue weighted by atomic mass is 10.2. The topological polar surface area (TPSA) is 105 Å². The van der Waals surface area contributed by atoms with Crippen molar-refractivity contribution in [2.45, 2.75) is 29.9 Å². The number of hydrogen-bond acceptors (Lipinski definition) is 5. The average Bonchev–Trinajstić information content (AvgIpc) is 2.67. The Morgan fingerprint density at radius 3 is 2.74 bits per heavy atom. The van der Waals surface area contributed by atoms with Crippen LogP contribution < -0.4 is 11.2 Å². The van der Waals surface area contributed by atoms with Crippen molar-refractivity contribution >= 4 is 15.9 Å². The predicted molar refractivity (Wildman–Crippen MR) is 65.9 cm³/mol. The minimum absolute atomic E-state index is 0.218. The first-order chi connectivity index (χ1) is 8.99. The van der Waals surface area contributed by atoms with Crippen LogP contribution in [0.25, 0.3) is 0 Å². The molecule has 7 nitrogen and oxygen atoms in total. The lowest BCUT2D eigenvalue weighted by Gasteiger charge is -2.17. The molecule has 0 spiro atoms. The highest BCUT2D eigenvalue weighted by molar-refractivity contribution is 9.09.